The zero-order valence-electron chi connectivity index (χ0n) is 9.25. The number of benzene rings is 1. The number of rotatable bonds is 5. The average molecular weight is 244 g/mol. The van der Waals surface area contributed by atoms with Gasteiger partial charge >= 0.3 is 0 Å². The van der Waals surface area contributed by atoms with Crippen LogP contribution in [0.3, 0.4) is 0 Å². The van der Waals surface area contributed by atoms with Gasteiger partial charge in [0, 0.05) is 24.1 Å². The molecule has 1 aromatic rings. The fourth-order valence-electron chi connectivity index (χ4n) is 1.20. The second kappa shape index (κ2) is 6.23. The molecule has 1 amide bonds. The molecule has 0 saturated heterocycles. The van der Waals surface area contributed by atoms with Crippen LogP contribution in [0.5, 0.6) is 11.5 Å². The first-order chi connectivity index (χ1) is 7.71. The smallest absolute Gasteiger partial charge is 0.251 e. The topological polar surface area (TPSA) is 47.6 Å². The van der Waals surface area contributed by atoms with Crippen LogP contribution < -0.4 is 14.8 Å². The lowest BCUT2D eigenvalue weighted by Crippen LogP contribution is -2.25. The van der Waals surface area contributed by atoms with E-state index in [9.17, 15) is 4.79 Å². The number of halogens is 1. The fraction of sp³-hybridized carbons (Fsp3) is 0.364. The van der Waals surface area contributed by atoms with Gasteiger partial charge in [-0.3, -0.25) is 4.79 Å². The largest absolute Gasteiger partial charge is 0.497 e. The van der Waals surface area contributed by atoms with Crippen molar-refractivity contribution in [3.05, 3.63) is 23.8 Å². The molecular formula is C11H14ClNO3. The van der Waals surface area contributed by atoms with E-state index in [2.05, 4.69) is 5.32 Å². The molecule has 0 heterocycles. The molecule has 0 aromatic heterocycles. The molecule has 0 radical (unpaired) electrons. The first kappa shape index (κ1) is 12.6. The Labute approximate surface area is 99.5 Å². The molecule has 0 aliphatic rings. The second-order valence-electron chi connectivity index (χ2n) is 3.05. The Morgan fingerprint density at radius 3 is 2.25 bits per heavy atom. The van der Waals surface area contributed by atoms with E-state index in [-0.39, 0.29) is 5.91 Å². The SMILES string of the molecule is COc1cc(OC)cc(C(=O)NCCCl)c1. The van der Waals surface area contributed by atoms with Crippen molar-refractivity contribution < 1.29 is 14.3 Å². The highest BCUT2D eigenvalue weighted by atomic mass is 35.5. The minimum Gasteiger partial charge on any atom is -0.497 e. The van der Waals surface area contributed by atoms with Gasteiger partial charge in [-0.25, -0.2) is 0 Å². The van der Waals surface area contributed by atoms with E-state index >= 15 is 0 Å². The summed E-state index contributed by atoms with van der Waals surface area (Å²) >= 11 is 5.49. The van der Waals surface area contributed by atoms with Gasteiger partial charge in [-0.15, -0.1) is 11.6 Å². The number of carbonyl (C=O) groups is 1. The van der Waals surface area contributed by atoms with E-state index in [0.717, 1.165) is 0 Å². The molecule has 1 N–H and O–H groups in total. The highest BCUT2D eigenvalue weighted by Crippen LogP contribution is 2.22. The number of nitrogens with one attached hydrogen (secondary N) is 1. The Hall–Kier alpha value is -1.42. The maximum Gasteiger partial charge on any atom is 0.251 e. The van der Waals surface area contributed by atoms with E-state index in [1.165, 1.54) is 14.2 Å². The van der Waals surface area contributed by atoms with Gasteiger partial charge in [-0.05, 0) is 12.1 Å². The first-order valence-corrected chi connectivity index (χ1v) is 5.32. The lowest BCUT2D eigenvalue weighted by Gasteiger charge is -2.08. The zero-order valence-corrected chi connectivity index (χ0v) is 10.0. The molecule has 16 heavy (non-hydrogen) atoms. The third kappa shape index (κ3) is 3.31. The maximum atomic E-state index is 11.7. The van der Waals surface area contributed by atoms with Gasteiger partial charge in [-0.2, -0.15) is 0 Å². The minimum absolute atomic E-state index is 0.196. The Kier molecular flexibility index (Phi) is 4.92. The molecule has 88 valence electrons. The van der Waals surface area contributed by atoms with Crippen LogP contribution in [0.1, 0.15) is 10.4 Å². The maximum absolute atomic E-state index is 11.7. The Morgan fingerprint density at radius 2 is 1.81 bits per heavy atom. The van der Waals surface area contributed by atoms with Gasteiger partial charge in [0.05, 0.1) is 14.2 Å². The number of hydrogen-bond acceptors (Lipinski definition) is 3. The van der Waals surface area contributed by atoms with Gasteiger partial charge in [0.1, 0.15) is 11.5 Å². The molecule has 0 saturated carbocycles. The van der Waals surface area contributed by atoms with E-state index in [1.807, 2.05) is 0 Å². The van der Waals surface area contributed by atoms with Gasteiger partial charge in [0.2, 0.25) is 0 Å². The summed E-state index contributed by atoms with van der Waals surface area (Å²) in [6.45, 7) is 0.430. The van der Waals surface area contributed by atoms with Crippen molar-refractivity contribution in [1.82, 2.24) is 5.32 Å². The van der Waals surface area contributed by atoms with Crippen molar-refractivity contribution in [2.24, 2.45) is 0 Å². The Morgan fingerprint density at radius 1 is 1.25 bits per heavy atom. The van der Waals surface area contributed by atoms with Gasteiger partial charge in [-0.1, -0.05) is 0 Å². The molecule has 5 heteroatoms. The van der Waals surface area contributed by atoms with Crippen LogP contribution in [-0.2, 0) is 0 Å². The van der Waals surface area contributed by atoms with Crippen LogP contribution >= 0.6 is 11.6 Å². The van der Waals surface area contributed by atoms with E-state index < -0.39 is 0 Å². The summed E-state index contributed by atoms with van der Waals surface area (Å²) in [5, 5.41) is 2.67. The third-order valence-corrected chi connectivity index (χ3v) is 2.18. The Balaban J connectivity index is 2.89. The summed E-state index contributed by atoms with van der Waals surface area (Å²) in [6.07, 6.45) is 0. The van der Waals surface area contributed by atoms with Gasteiger partial charge in [0.25, 0.3) is 5.91 Å². The predicted molar refractivity (Wildman–Crippen MR) is 62.6 cm³/mol. The van der Waals surface area contributed by atoms with E-state index in [0.29, 0.717) is 29.5 Å². The first-order valence-electron chi connectivity index (χ1n) is 4.78. The van der Waals surface area contributed by atoms with Crippen molar-refractivity contribution >= 4 is 17.5 Å². The van der Waals surface area contributed by atoms with Crippen molar-refractivity contribution in [3.63, 3.8) is 0 Å². The molecule has 0 unspecified atom stereocenters. The molecule has 0 atom stereocenters. The predicted octanol–water partition coefficient (Wildman–Crippen LogP) is 1.67. The van der Waals surface area contributed by atoms with Crippen molar-refractivity contribution in [1.29, 1.82) is 0 Å². The monoisotopic (exact) mass is 243 g/mol. The number of methoxy groups -OCH3 is 2. The molecule has 1 aromatic carbocycles. The van der Waals surface area contributed by atoms with E-state index in [1.54, 1.807) is 18.2 Å². The quantitative estimate of drug-likeness (QED) is 0.801. The molecule has 0 bridgehead atoms. The normalized spacial score (nSPS) is 9.69. The summed E-state index contributed by atoms with van der Waals surface area (Å²) in [4.78, 5) is 11.7. The summed E-state index contributed by atoms with van der Waals surface area (Å²) in [5.74, 6) is 1.34. The summed E-state index contributed by atoms with van der Waals surface area (Å²) in [7, 11) is 3.07. The number of hydrogen-bond donors (Lipinski definition) is 1. The highest BCUT2D eigenvalue weighted by Gasteiger charge is 2.08. The third-order valence-electron chi connectivity index (χ3n) is 1.99. The van der Waals surface area contributed by atoms with Crippen LogP contribution in [0.15, 0.2) is 18.2 Å². The standard InChI is InChI=1S/C11H14ClNO3/c1-15-9-5-8(6-10(7-9)16-2)11(14)13-4-3-12/h5-7H,3-4H2,1-2H3,(H,13,14). The lowest BCUT2D eigenvalue weighted by molar-refractivity contribution is 0.0955. The zero-order chi connectivity index (χ0) is 12.0. The molecule has 0 spiro atoms. The van der Waals surface area contributed by atoms with Crippen LogP contribution in [0.4, 0.5) is 0 Å². The van der Waals surface area contributed by atoms with Gasteiger partial charge in [0.15, 0.2) is 0 Å². The van der Waals surface area contributed by atoms with Crippen LogP contribution in [0.2, 0.25) is 0 Å². The summed E-state index contributed by atoms with van der Waals surface area (Å²) in [5.41, 5.74) is 0.487. The van der Waals surface area contributed by atoms with Crippen LogP contribution in [0.25, 0.3) is 0 Å². The van der Waals surface area contributed by atoms with Crippen molar-refractivity contribution in [3.8, 4) is 11.5 Å². The lowest BCUT2D eigenvalue weighted by atomic mass is 10.2. The molecular weight excluding hydrogens is 230 g/mol. The summed E-state index contributed by atoms with van der Waals surface area (Å²) < 4.78 is 10.1. The summed E-state index contributed by atoms with van der Waals surface area (Å²) in [6, 6.07) is 5.00. The number of ether oxygens (including phenoxy) is 2. The molecule has 0 fully saturated rings. The molecule has 0 aliphatic carbocycles. The molecule has 4 nitrogen and oxygen atoms in total. The number of alkyl halides is 1. The van der Waals surface area contributed by atoms with E-state index in [4.69, 9.17) is 21.1 Å². The average Bonchev–Trinajstić information content (AvgIpc) is 2.35. The van der Waals surface area contributed by atoms with Crippen LogP contribution in [0, 0.1) is 0 Å². The van der Waals surface area contributed by atoms with Crippen LogP contribution in [-0.4, -0.2) is 32.6 Å². The molecule has 0 aliphatic heterocycles. The fourth-order valence-corrected chi connectivity index (χ4v) is 1.30. The number of amides is 1. The minimum atomic E-state index is -0.196. The Bertz CT molecular complexity index is 346. The van der Waals surface area contributed by atoms with Gasteiger partial charge < -0.3 is 14.8 Å². The number of carbonyl (C=O) groups excluding carboxylic acids is 1. The highest BCUT2D eigenvalue weighted by molar-refractivity contribution is 6.18. The second-order valence-corrected chi connectivity index (χ2v) is 3.42. The molecule has 1 rings (SSSR count). The van der Waals surface area contributed by atoms with Crippen molar-refractivity contribution in [2.75, 3.05) is 26.6 Å². The van der Waals surface area contributed by atoms with Crippen molar-refractivity contribution in [2.45, 2.75) is 0 Å².